The zero-order valence-corrected chi connectivity index (χ0v) is 13.0. The minimum atomic E-state index is -3.89. The van der Waals surface area contributed by atoms with Crippen LogP contribution in [0.5, 0.6) is 0 Å². The lowest BCUT2D eigenvalue weighted by Gasteiger charge is -2.08. The van der Waals surface area contributed by atoms with E-state index in [4.69, 9.17) is 5.11 Å². The monoisotopic (exact) mass is 332 g/mol. The summed E-state index contributed by atoms with van der Waals surface area (Å²) in [4.78, 5) is 14.4. The molecule has 1 saturated carbocycles. The zero-order chi connectivity index (χ0) is 16.4. The van der Waals surface area contributed by atoms with Gasteiger partial charge in [-0.2, -0.15) is 0 Å². The Labute approximate surface area is 134 Å². The highest BCUT2D eigenvalue weighted by Gasteiger charge is 2.39. The van der Waals surface area contributed by atoms with Gasteiger partial charge in [0.05, 0.1) is 0 Å². The molecule has 0 radical (unpaired) electrons. The van der Waals surface area contributed by atoms with Gasteiger partial charge < -0.3 is 5.11 Å². The predicted octanol–water partition coefficient (Wildman–Crippen LogP) is 1.86. The summed E-state index contributed by atoms with van der Waals surface area (Å²) in [6.45, 7) is 0.288. The van der Waals surface area contributed by atoms with Crippen molar-refractivity contribution in [3.05, 3.63) is 59.9 Å². The summed E-state index contributed by atoms with van der Waals surface area (Å²) in [5.41, 5.74) is 0.736. The molecule has 3 rings (SSSR count). The number of pyridine rings is 1. The Hall–Kier alpha value is -2.25. The van der Waals surface area contributed by atoms with E-state index >= 15 is 0 Å². The van der Waals surface area contributed by atoms with Crippen molar-refractivity contribution in [3.8, 4) is 0 Å². The van der Waals surface area contributed by atoms with Crippen LogP contribution in [-0.4, -0.2) is 31.0 Å². The summed E-state index contributed by atoms with van der Waals surface area (Å²) in [5.74, 6) is -0.775. The van der Waals surface area contributed by atoms with Crippen molar-refractivity contribution in [2.45, 2.75) is 17.2 Å². The Morgan fingerprint density at radius 3 is 2.65 bits per heavy atom. The molecule has 0 unspecified atom stereocenters. The lowest BCUT2D eigenvalue weighted by atomic mass is 10.1. The molecule has 0 saturated heterocycles. The molecule has 1 aliphatic rings. The third-order valence-corrected chi connectivity index (χ3v) is 5.40. The molecular formula is C16H16N2O4S. The normalized spacial score (nSPS) is 20.2. The van der Waals surface area contributed by atoms with Crippen molar-refractivity contribution in [2.24, 2.45) is 5.92 Å². The van der Waals surface area contributed by atoms with Crippen LogP contribution in [0.4, 0.5) is 0 Å². The average molecular weight is 332 g/mol. The fourth-order valence-electron chi connectivity index (χ4n) is 2.64. The van der Waals surface area contributed by atoms with E-state index in [0.29, 0.717) is 5.92 Å². The summed E-state index contributed by atoms with van der Waals surface area (Å²) in [5, 5.41) is 9.05. The quantitative estimate of drug-likeness (QED) is 0.842. The van der Waals surface area contributed by atoms with E-state index in [9.17, 15) is 13.2 Å². The number of carboxylic acids is 1. The summed E-state index contributed by atoms with van der Waals surface area (Å²) in [7, 11) is -3.89. The number of nitrogens with zero attached hydrogens (tertiary/aromatic N) is 1. The second kappa shape index (κ2) is 6.10. The Morgan fingerprint density at radius 1 is 1.22 bits per heavy atom. The number of carbonyl (C=O) groups is 1. The van der Waals surface area contributed by atoms with Crippen LogP contribution in [-0.2, 0) is 10.0 Å². The van der Waals surface area contributed by atoms with Gasteiger partial charge in [0, 0.05) is 12.7 Å². The highest BCUT2D eigenvalue weighted by molar-refractivity contribution is 7.89. The van der Waals surface area contributed by atoms with Gasteiger partial charge in [0.15, 0.2) is 5.69 Å². The van der Waals surface area contributed by atoms with Crippen LogP contribution in [0.1, 0.15) is 28.4 Å². The molecule has 6 nitrogen and oxygen atoms in total. The fraction of sp³-hybridized carbons (Fsp3) is 0.250. The van der Waals surface area contributed by atoms with E-state index in [1.54, 1.807) is 0 Å². The van der Waals surface area contributed by atoms with Crippen LogP contribution < -0.4 is 4.72 Å². The van der Waals surface area contributed by atoms with E-state index in [1.165, 1.54) is 23.9 Å². The summed E-state index contributed by atoms with van der Waals surface area (Å²) in [6.07, 6.45) is 2.18. The van der Waals surface area contributed by atoms with Crippen LogP contribution >= 0.6 is 0 Å². The molecule has 23 heavy (non-hydrogen) atoms. The number of benzene rings is 1. The first-order valence-electron chi connectivity index (χ1n) is 7.22. The highest BCUT2D eigenvalue weighted by atomic mass is 32.2. The van der Waals surface area contributed by atoms with Crippen LogP contribution in [0.15, 0.2) is 53.6 Å². The minimum absolute atomic E-state index is 0.233. The fourth-order valence-corrected chi connectivity index (χ4v) is 3.89. The van der Waals surface area contributed by atoms with Crippen LogP contribution in [0.3, 0.4) is 0 Å². The standard InChI is InChI=1S/C16H16N2O4S/c19-16(20)15-14(7-4-8-17-15)23(21,22)18-10-12-9-13(12)11-5-2-1-3-6-11/h1-8,12-13,18H,9-10H2,(H,19,20)/t12-,13-/m1/s1. The number of carboxylic acid groups (broad SMARTS) is 1. The first-order valence-corrected chi connectivity index (χ1v) is 8.70. The van der Waals surface area contributed by atoms with Crippen molar-refractivity contribution in [3.63, 3.8) is 0 Å². The highest BCUT2D eigenvalue weighted by Crippen LogP contribution is 2.46. The smallest absolute Gasteiger partial charge is 0.355 e. The van der Waals surface area contributed by atoms with Gasteiger partial charge >= 0.3 is 5.97 Å². The third kappa shape index (κ3) is 3.40. The first kappa shape index (κ1) is 15.6. The second-order valence-corrected chi connectivity index (χ2v) is 7.26. The molecule has 1 aromatic heterocycles. The van der Waals surface area contributed by atoms with Crippen molar-refractivity contribution in [1.29, 1.82) is 0 Å². The molecule has 1 aliphatic carbocycles. The minimum Gasteiger partial charge on any atom is -0.476 e. The summed E-state index contributed by atoms with van der Waals surface area (Å²) >= 11 is 0. The Balaban J connectivity index is 1.68. The molecule has 0 amide bonds. The SMILES string of the molecule is O=C(O)c1ncccc1S(=O)(=O)NC[C@H]1C[C@@H]1c1ccccc1. The van der Waals surface area contributed by atoms with Gasteiger partial charge in [0.25, 0.3) is 0 Å². The molecule has 0 spiro atoms. The molecule has 0 aliphatic heterocycles. The molecule has 120 valence electrons. The van der Waals surface area contributed by atoms with Crippen molar-refractivity contribution < 1.29 is 18.3 Å². The van der Waals surface area contributed by atoms with Crippen molar-refractivity contribution in [2.75, 3.05) is 6.54 Å². The van der Waals surface area contributed by atoms with Crippen molar-refractivity contribution >= 4 is 16.0 Å². The summed E-state index contributed by atoms with van der Waals surface area (Å²) < 4.78 is 27.1. The average Bonchev–Trinajstić information content (AvgIpc) is 3.34. The maximum absolute atomic E-state index is 12.3. The largest absolute Gasteiger partial charge is 0.476 e. The predicted molar refractivity (Wildman–Crippen MR) is 83.7 cm³/mol. The number of sulfonamides is 1. The van der Waals surface area contributed by atoms with Crippen LogP contribution in [0, 0.1) is 5.92 Å². The van der Waals surface area contributed by atoms with Gasteiger partial charge in [-0.3, -0.25) is 0 Å². The van der Waals surface area contributed by atoms with E-state index < -0.39 is 21.7 Å². The third-order valence-electron chi connectivity index (χ3n) is 3.95. The number of aromatic carboxylic acids is 1. The molecule has 2 aromatic rings. The number of nitrogens with one attached hydrogen (secondary N) is 1. The Morgan fingerprint density at radius 2 is 1.96 bits per heavy atom. The molecule has 2 atom stereocenters. The van der Waals surface area contributed by atoms with E-state index in [-0.39, 0.29) is 17.4 Å². The van der Waals surface area contributed by atoms with Crippen LogP contribution in [0.2, 0.25) is 0 Å². The topological polar surface area (TPSA) is 96.4 Å². The molecule has 1 fully saturated rings. The van der Waals surface area contributed by atoms with Gasteiger partial charge in [-0.25, -0.2) is 22.9 Å². The number of rotatable bonds is 6. The first-order chi connectivity index (χ1) is 11.0. The maximum atomic E-state index is 12.3. The molecule has 1 heterocycles. The van der Waals surface area contributed by atoms with Gasteiger partial charge in [0.2, 0.25) is 10.0 Å². The molecular weight excluding hydrogens is 316 g/mol. The number of aromatic nitrogens is 1. The Kier molecular flexibility index (Phi) is 4.14. The van der Waals surface area contributed by atoms with E-state index in [1.807, 2.05) is 30.3 Å². The van der Waals surface area contributed by atoms with E-state index in [2.05, 4.69) is 9.71 Å². The maximum Gasteiger partial charge on any atom is 0.355 e. The van der Waals surface area contributed by atoms with E-state index in [0.717, 1.165) is 6.42 Å². The van der Waals surface area contributed by atoms with Crippen LogP contribution in [0.25, 0.3) is 0 Å². The zero-order valence-electron chi connectivity index (χ0n) is 12.2. The number of hydrogen-bond acceptors (Lipinski definition) is 4. The lowest BCUT2D eigenvalue weighted by molar-refractivity contribution is 0.0685. The molecule has 0 bridgehead atoms. The van der Waals surface area contributed by atoms with Gasteiger partial charge in [-0.15, -0.1) is 0 Å². The van der Waals surface area contributed by atoms with Crippen molar-refractivity contribution in [1.82, 2.24) is 9.71 Å². The molecule has 7 heteroatoms. The molecule has 1 aromatic carbocycles. The Bertz CT molecular complexity index is 821. The van der Waals surface area contributed by atoms with Gasteiger partial charge in [-0.05, 0) is 36.0 Å². The van der Waals surface area contributed by atoms with Gasteiger partial charge in [0.1, 0.15) is 4.90 Å². The molecule has 2 N–H and O–H groups in total. The summed E-state index contributed by atoms with van der Waals surface area (Å²) in [6, 6.07) is 12.6. The van der Waals surface area contributed by atoms with Gasteiger partial charge in [-0.1, -0.05) is 30.3 Å². The lowest BCUT2D eigenvalue weighted by Crippen LogP contribution is -2.28. The number of hydrogen-bond donors (Lipinski definition) is 2. The second-order valence-electron chi connectivity index (χ2n) is 5.52.